The summed E-state index contributed by atoms with van der Waals surface area (Å²) in [5, 5.41) is 0. The third kappa shape index (κ3) is 2.46. The Morgan fingerprint density at radius 2 is 1.71 bits per heavy atom. The summed E-state index contributed by atoms with van der Waals surface area (Å²) in [6.07, 6.45) is -4.87. The predicted octanol–water partition coefficient (Wildman–Crippen LogP) is 2.15. The fourth-order valence-electron chi connectivity index (χ4n) is 0.888. The lowest BCUT2D eigenvalue weighted by Crippen LogP contribution is -2.39. The zero-order valence-corrected chi connectivity index (χ0v) is 7.55. The predicted molar refractivity (Wildman–Crippen MR) is 45.7 cm³/mol. The van der Waals surface area contributed by atoms with E-state index in [1.54, 1.807) is 0 Å². The van der Waals surface area contributed by atoms with Crippen LogP contribution in [0.4, 0.5) is 18.9 Å². The lowest BCUT2D eigenvalue weighted by Gasteiger charge is -2.21. The summed E-state index contributed by atoms with van der Waals surface area (Å²) in [5.74, 6) is 0. The van der Waals surface area contributed by atoms with Crippen molar-refractivity contribution in [1.82, 2.24) is 0 Å². The molecule has 1 aromatic rings. The van der Waals surface area contributed by atoms with Gasteiger partial charge in [0.15, 0.2) is 0 Å². The van der Waals surface area contributed by atoms with Crippen molar-refractivity contribution in [1.29, 1.82) is 0 Å². The van der Waals surface area contributed by atoms with Gasteiger partial charge in [0.05, 0.1) is 5.69 Å². The Labute approximate surface area is 80.6 Å². The lowest BCUT2D eigenvalue weighted by atomic mass is 10.3. The van der Waals surface area contributed by atoms with E-state index >= 15 is 0 Å². The molecular formula is C7H6F3NO2S. The first-order valence-electron chi connectivity index (χ1n) is 3.46. The lowest BCUT2D eigenvalue weighted by molar-refractivity contribution is -0.115. The Hall–Kier alpha value is -1.08. The van der Waals surface area contributed by atoms with Gasteiger partial charge in [-0.3, -0.25) is 4.55 Å². The monoisotopic (exact) mass is 225 g/mol. The fourth-order valence-corrected chi connectivity index (χ4v) is 1.37. The van der Waals surface area contributed by atoms with E-state index in [9.17, 15) is 17.4 Å². The molecule has 0 bridgehead atoms. The van der Waals surface area contributed by atoms with E-state index in [1.807, 2.05) is 0 Å². The van der Waals surface area contributed by atoms with Crippen molar-refractivity contribution in [3.8, 4) is 0 Å². The maximum atomic E-state index is 12.2. The maximum absolute atomic E-state index is 12.2. The molecule has 3 nitrogen and oxygen atoms in total. The molecule has 0 saturated heterocycles. The summed E-state index contributed by atoms with van der Waals surface area (Å²) in [5.41, 5.74) is -0.374. The minimum Gasteiger partial charge on any atom is -0.289 e. The molecule has 78 valence electrons. The summed E-state index contributed by atoms with van der Waals surface area (Å²) >= 11 is -3.12. The summed E-state index contributed by atoms with van der Waals surface area (Å²) < 4.78 is 55.1. The molecule has 0 radical (unpaired) electrons. The van der Waals surface area contributed by atoms with Crippen LogP contribution in [0.25, 0.3) is 0 Å². The average molecular weight is 225 g/mol. The first kappa shape index (κ1) is 11.0. The Kier molecular flexibility index (Phi) is 3.12. The summed E-state index contributed by atoms with van der Waals surface area (Å²) in [4.78, 5) is 0. The fraction of sp³-hybridized carbons (Fsp3) is 0.143. The van der Waals surface area contributed by atoms with Gasteiger partial charge in [0.2, 0.25) is 0 Å². The van der Waals surface area contributed by atoms with Gasteiger partial charge in [-0.05, 0) is 12.1 Å². The molecule has 0 aromatic heterocycles. The molecule has 1 atom stereocenters. The average Bonchev–Trinajstić information content (AvgIpc) is 2.02. The highest BCUT2D eigenvalue weighted by Gasteiger charge is 2.41. The molecule has 1 aromatic carbocycles. The van der Waals surface area contributed by atoms with Crippen molar-refractivity contribution >= 4 is 17.0 Å². The van der Waals surface area contributed by atoms with E-state index in [2.05, 4.69) is 0 Å². The second kappa shape index (κ2) is 3.97. The first-order chi connectivity index (χ1) is 6.43. The van der Waals surface area contributed by atoms with Crippen LogP contribution >= 0.6 is 0 Å². The largest absolute Gasteiger partial charge is 0.498 e. The van der Waals surface area contributed by atoms with Gasteiger partial charge in [0.1, 0.15) is 0 Å². The van der Waals surface area contributed by atoms with Gasteiger partial charge in [0.25, 0.3) is 11.3 Å². The number of rotatable bonds is 2. The molecule has 0 fully saturated rings. The molecular weight excluding hydrogens is 219 g/mol. The number of nitrogens with zero attached hydrogens (tertiary/aromatic N) is 1. The zero-order valence-electron chi connectivity index (χ0n) is 6.73. The van der Waals surface area contributed by atoms with E-state index in [0.717, 1.165) is 12.1 Å². The third-order valence-electron chi connectivity index (χ3n) is 1.38. The minimum absolute atomic E-state index is 0.374. The van der Waals surface area contributed by atoms with Crippen LogP contribution < -0.4 is 4.31 Å². The van der Waals surface area contributed by atoms with Crippen molar-refractivity contribution in [2.75, 3.05) is 4.31 Å². The maximum Gasteiger partial charge on any atom is 0.498 e. The van der Waals surface area contributed by atoms with Crippen LogP contribution in [0.2, 0.25) is 0 Å². The Morgan fingerprint density at radius 1 is 1.21 bits per heavy atom. The number of hydrogen-bond acceptors (Lipinski definition) is 1. The van der Waals surface area contributed by atoms with E-state index in [1.165, 1.54) is 18.2 Å². The molecule has 1 N–H and O–H groups in total. The van der Waals surface area contributed by atoms with Crippen molar-refractivity contribution in [2.45, 2.75) is 6.30 Å². The molecule has 0 spiro atoms. The van der Waals surface area contributed by atoms with E-state index < -0.39 is 21.9 Å². The van der Waals surface area contributed by atoms with Crippen molar-refractivity contribution in [3.63, 3.8) is 0 Å². The Morgan fingerprint density at radius 3 is 2.07 bits per heavy atom. The minimum atomic E-state index is -4.87. The molecule has 1 rings (SSSR count). The van der Waals surface area contributed by atoms with Crippen molar-refractivity contribution in [3.05, 3.63) is 30.3 Å². The normalized spacial score (nSPS) is 13.7. The number of halogens is 3. The van der Waals surface area contributed by atoms with Crippen LogP contribution in [-0.2, 0) is 11.3 Å². The molecule has 0 heterocycles. The second-order valence-electron chi connectivity index (χ2n) is 2.33. The van der Waals surface area contributed by atoms with E-state index in [-0.39, 0.29) is 5.69 Å². The van der Waals surface area contributed by atoms with E-state index in [4.69, 9.17) is 4.55 Å². The zero-order chi connectivity index (χ0) is 10.8. The Balaban J connectivity index is 3.08. The standard InChI is InChI=1S/C7H6F3NO2S/c8-7(9,10)11(14(12)13)6-4-2-1-3-5-6/h1-5H,(H,12,13). The van der Waals surface area contributed by atoms with Gasteiger partial charge >= 0.3 is 6.30 Å². The van der Waals surface area contributed by atoms with Gasteiger partial charge in [-0.2, -0.15) is 4.31 Å². The molecule has 14 heavy (non-hydrogen) atoms. The summed E-state index contributed by atoms with van der Waals surface area (Å²) in [6, 6.07) is 6.41. The number of para-hydroxylation sites is 1. The van der Waals surface area contributed by atoms with Crippen LogP contribution in [0.3, 0.4) is 0 Å². The number of alkyl halides is 3. The van der Waals surface area contributed by atoms with Crippen LogP contribution in [0.1, 0.15) is 0 Å². The van der Waals surface area contributed by atoms with Gasteiger partial charge in [0, 0.05) is 0 Å². The number of anilines is 1. The molecule has 0 aliphatic carbocycles. The third-order valence-corrected chi connectivity index (χ3v) is 2.11. The molecule has 0 aliphatic heterocycles. The van der Waals surface area contributed by atoms with Gasteiger partial charge in [-0.1, -0.05) is 18.2 Å². The Bertz CT molecular complexity index is 327. The van der Waals surface area contributed by atoms with Crippen LogP contribution in [0.5, 0.6) is 0 Å². The highest BCUT2D eigenvalue weighted by atomic mass is 32.2. The number of hydrogen-bond donors (Lipinski definition) is 1. The van der Waals surface area contributed by atoms with Gasteiger partial charge in [-0.25, -0.2) is 4.21 Å². The van der Waals surface area contributed by atoms with Crippen LogP contribution in [-0.4, -0.2) is 15.1 Å². The molecule has 1 unspecified atom stereocenters. The van der Waals surface area contributed by atoms with E-state index in [0.29, 0.717) is 0 Å². The van der Waals surface area contributed by atoms with Crippen LogP contribution in [0.15, 0.2) is 30.3 Å². The highest BCUT2D eigenvalue weighted by molar-refractivity contribution is 7.80. The molecule has 0 amide bonds. The second-order valence-corrected chi connectivity index (χ2v) is 3.16. The molecule has 7 heteroatoms. The first-order valence-corrected chi connectivity index (χ1v) is 4.52. The summed E-state index contributed by atoms with van der Waals surface area (Å²) in [6.45, 7) is 0. The quantitative estimate of drug-likeness (QED) is 0.618. The molecule has 0 saturated carbocycles. The smallest absolute Gasteiger partial charge is 0.289 e. The summed E-state index contributed by atoms with van der Waals surface area (Å²) in [7, 11) is 0. The number of benzene rings is 1. The SMILES string of the molecule is O=S(O)N(c1ccccc1)C(F)(F)F. The van der Waals surface area contributed by atoms with Crippen molar-refractivity contribution < 1.29 is 21.9 Å². The van der Waals surface area contributed by atoms with Crippen LogP contribution in [0, 0.1) is 0 Å². The van der Waals surface area contributed by atoms with Gasteiger partial charge < -0.3 is 0 Å². The highest BCUT2D eigenvalue weighted by Crippen LogP contribution is 2.28. The topological polar surface area (TPSA) is 40.5 Å². The molecule has 0 aliphatic rings. The van der Waals surface area contributed by atoms with Crippen molar-refractivity contribution in [2.24, 2.45) is 0 Å². The van der Waals surface area contributed by atoms with Gasteiger partial charge in [-0.15, -0.1) is 13.2 Å².